The van der Waals surface area contributed by atoms with Gasteiger partial charge in [0.2, 0.25) is 0 Å². The molecule has 1 amide bonds. The lowest BCUT2D eigenvalue weighted by atomic mass is 10.1. The van der Waals surface area contributed by atoms with Gasteiger partial charge in [-0.25, -0.2) is 4.98 Å². The number of benzene rings is 1. The van der Waals surface area contributed by atoms with E-state index in [1.54, 1.807) is 40.2 Å². The van der Waals surface area contributed by atoms with E-state index < -0.39 is 11.7 Å². The van der Waals surface area contributed by atoms with Gasteiger partial charge in [-0.1, -0.05) is 12.1 Å². The standard InChI is InChI=1S/C18H14F3N5OS/c1-25(8-13-6-7-22-24-13)16(27)15-10-28-17-23-14(9-26(15)17)11-2-4-12(5-3-11)18(19,20)21/h2-7,9-10H,8H2,1H3,(H,22,24). The van der Waals surface area contributed by atoms with E-state index >= 15 is 0 Å². The van der Waals surface area contributed by atoms with Crippen LogP contribution in [-0.4, -0.2) is 37.4 Å². The number of carbonyl (C=O) groups is 1. The lowest BCUT2D eigenvalue weighted by molar-refractivity contribution is -0.137. The Bertz CT molecular complexity index is 1110. The smallest absolute Gasteiger partial charge is 0.335 e. The predicted octanol–water partition coefficient (Wildman–Crippen LogP) is 4.08. The molecular formula is C18H14F3N5OS. The minimum atomic E-state index is -4.38. The highest BCUT2D eigenvalue weighted by atomic mass is 32.1. The van der Waals surface area contributed by atoms with E-state index in [1.807, 2.05) is 0 Å². The van der Waals surface area contributed by atoms with E-state index in [0.717, 1.165) is 17.8 Å². The summed E-state index contributed by atoms with van der Waals surface area (Å²) in [6.07, 6.45) is -1.11. The van der Waals surface area contributed by atoms with Crippen molar-refractivity contribution in [3.63, 3.8) is 0 Å². The Morgan fingerprint density at radius 3 is 2.64 bits per heavy atom. The van der Waals surface area contributed by atoms with Crippen molar-refractivity contribution >= 4 is 22.2 Å². The number of alkyl halides is 3. The van der Waals surface area contributed by atoms with Crippen LogP contribution in [0.5, 0.6) is 0 Å². The van der Waals surface area contributed by atoms with E-state index in [4.69, 9.17) is 0 Å². The molecule has 0 aliphatic rings. The maximum Gasteiger partial charge on any atom is 0.416 e. The Morgan fingerprint density at radius 1 is 1.25 bits per heavy atom. The molecule has 0 unspecified atom stereocenters. The molecule has 10 heteroatoms. The molecule has 0 saturated carbocycles. The summed E-state index contributed by atoms with van der Waals surface area (Å²) in [6.45, 7) is 0.372. The highest BCUT2D eigenvalue weighted by molar-refractivity contribution is 7.15. The van der Waals surface area contributed by atoms with Crippen molar-refractivity contribution in [3.05, 3.63) is 65.1 Å². The number of imidazole rings is 1. The molecule has 28 heavy (non-hydrogen) atoms. The lowest BCUT2D eigenvalue weighted by Crippen LogP contribution is -2.27. The van der Waals surface area contributed by atoms with Gasteiger partial charge in [0.25, 0.3) is 5.91 Å². The number of fused-ring (bicyclic) bond motifs is 1. The summed E-state index contributed by atoms with van der Waals surface area (Å²) in [5, 5.41) is 8.38. The van der Waals surface area contributed by atoms with Crippen LogP contribution in [0.25, 0.3) is 16.2 Å². The second-order valence-electron chi connectivity index (χ2n) is 6.22. The van der Waals surface area contributed by atoms with Crippen molar-refractivity contribution < 1.29 is 18.0 Å². The molecule has 0 saturated heterocycles. The summed E-state index contributed by atoms with van der Waals surface area (Å²) in [6, 6.07) is 6.58. The summed E-state index contributed by atoms with van der Waals surface area (Å²) >= 11 is 1.29. The number of H-pyrrole nitrogens is 1. The van der Waals surface area contributed by atoms with Gasteiger partial charge in [0.05, 0.1) is 23.5 Å². The van der Waals surface area contributed by atoms with Gasteiger partial charge in [0, 0.05) is 30.4 Å². The zero-order valence-electron chi connectivity index (χ0n) is 14.6. The van der Waals surface area contributed by atoms with Crippen molar-refractivity contribution in [2.45, 2.75) is 12.7 Å². The number of halogens is 3. The second-order valence-corrected chi connectivity index (χ2v) is 7.05. The first-order chi connectivity index (χ1) is 13.3. The van der Waals surface area contributed by atoms with Gasteiger partial charge in [-0.05, 0) is 18.2 Å². The van der Waals surface area contributed by atoms with Gasteiger partial charge < -0.3 is 4.90 Å². The minimum absolute atomic E-state index is 0.197. The van der Waals surface area contributed by atoms with Gasteiger partial charge in [0.15, 0.2) is 4.96 Å². The molecule has 1 aromatic carbocycles. The average Bonchev–Trinajstić information content (AvgIpc) is 3.37. The molecule has 6 nitrogen and oxygen atoms in total. The molecule has 0 aliphatic heterocycles. The number of aromatic amines is 1. The molecule has 4 rings (SSSR count). The summed E-state index contributed by atoms with van der Waals surface area (Å²) in [4.78, 5) is 19.3. The number of amides is 1. The molecule has 0 aliphatic carbocycles. The Hall–Kier alpha value is -3.14. The Morgan fingerprint density at radius 2 is 2.00 bits per heavy atom. The molecule has 144 valence electrons. The fourth-order valence-corrected chi connectivity index (χ4v) is 3.65. The van der Waals surface area contributed by atoms with Crippen molar-refractivity contribution in [1.82, 2.24) is 24.5 Å². The van der Waals surface area contributed by atoms with E-state index in [1.165, 1.54) is 23.5 Å². The van der Waals surface area contributed by atoms with Crippen molar-refractivity contribution in [3.8, 4) is 11.3 Å². The predicted molar refractivity (Wildman–Crippen MR) is 97.9 cm³/mol. The maximum atomic E-state index is 12.8. The van der Waals surface area contributed by atoms with Gasteiger partial charge in [-0.3, -0.25) is 14.3 Å². The van der Waals surface area contributed by atoms with Crippen molar-refractivity contribution in [1.29, 1.82) is 0 Å². The van der Waals surface area contributed by atoms with E-state index in [-0.39, 0.29) is 5.91 Å². The van der Waals surface area contributed by atoms with Crippen LogP contribution in [-0.2, 0) is 12.7 Å². The molecule has 3 heterocycles. The fourth-order valence-electron chi connectivity index (χ4n) is 2.80. The number of nitrogens with one attached hydrogen (secondary N) is 1. The molecule has 4 aromatic rings. The first-order valence-electron chi connectivity index (χ1n) is 8.21. The summed E-state index contributed by atoms with van der Waals surface area (Å²) in [5.41, 5.74) is 1.58. The van der Waals surface area contributed by atoms with E-state index in [0.29, 0.717) is 28.5 Å². The van der Waals surface area contributed by atoms with Crippen LogP contribution in [0.4, 0.5) is 13.2 Å². The highest BCUT2D eigenvalue weighted by Gasteiger charge is 2.30. The second kappa shape index (κ2) is 6.79. The van der Waals surface area contributed by atoms with E-state index in [2.05, 4.69) is 15.2 Å². The van der Waals surface area contributed by atoms with Gasteiger partial charge in [-0.2, -0.15) is 18.3 Å². The van der Waals surface area contributed by atoms with Gasteiger partial charge in [0.1, 0.15) is 5.69 Å². The van der Waals surface area contributed by atoms with Crippen LogP contribution in [0.2, 0.25) is 0 Å². The topological polar surface area (TPSA) is 66.3 Å². The number of aromatic nitrogens is 4. The SMILES string of the molecule is CN(Cc1ccn[nH]1)C(=O)c1csc2nc(-c3ccc(C(F)(F)F)cc3)cn12. The number of thiazole rings is 1. The number of nitrogens with zero attached hydrogens (tertiary/aromatic N) is 4. The molecule has 0 fully saturated rings. The minimum Gasteiger partial charge on any atom is -0.335 e. The maximum absolute atomic E-state index is 12.8. The first kappa shape index (κ1) is 18.2. The zero-order valence-corrected chi connectivity index (χ0v) is 15.4. The number of hydrogen-bond acceptors (Lipinski definition) is 4. The third-order valence-corrected chi connectivity index (χ3v) is 5.09. The molecule has 0 bridgehead atoms. The Labute approximate surface area is 161 Å². The summed E-state index contributed by atoms with van der Waals surface area (Å²) in [7, 11) is 1.68. The largest absolute Gasteiger partial charge is 0.416 e. The third kappa shape index (κ3) is 3.38. The van der Waals surface area contributed by atoms with Crippen molar-refractivity contribution in [2.24, 2.45) is 0 Å². The van der Waals surface area contributed by atoms with Crippen LogP contribution in [0.3, 0.4) is 0 Å². The summed E-state index contributed by atoms with van der Waals surface area (Å²) < 4.78 is 39.8. The zero-order chi connectivity index (χ0) is 19.9. The molecule has 0 spiro atoms. The van der Waals surface area contributed by atoms with Crippen molar-refractivity contribution in [2.75, 3.05) is 7.05 Å². The number of hydrogen-bond donors (Lipinski definition) is 1. The number of rotatable bonds is 4. The molecule has 1 N–H and O–H groups in total. The van der Waals surface area contributed by atoms with Crippen LogP contribution in [0.1, 0.15) is 21.7 Å². The lowest BCUT2D eigenvalue weighted by Gasteiger charge is -2.15. The third-order valence-electron chi connectivity index (χ3n) is 4.25. The highest BCUT2D eigenvalue weighted by Crippen LogP contribution is 2.31. The van der Waals surface area contributed by atoms with Gasteiger partial charge >= 0.3 is 6.18 Å². The number of carbonyl (C=O) groups excluding carboxylic acids is 1. The van der Waals surface area contributed by atoms with Gasteiger partial charge in [-0.15, -0.1) is 11.3 Å². The monoisotopic (exact) mass is 405 g/mol. The van der Waals surface area contributed by atoms with E-state index in [9.17, 15) is 18.0 Å². The normalized spacial score (nSPS) is 11.9. The van der Waals surface area contributed by atoms with Crippen LogP contribution < -0.4 is 0 Å². The quantitative estimate of drug-likeness (QED) is 0.557. The summed E-state index contributed by atoms with van der Waals surface area (Å²) in [5.74, 6) is -0.197. The van der Waals surface area contributed by atoms with Crippen LogP contribution >= 0.6 is 11.3 Å². The van der Waals surface area contributed by atoms with Crippen LogP contribution in [0.15, 0.2) is 48.1 Å². The fraction of sp³-hybridized carbons (Fsp3) is 0.167. The first-order valence-corrected chi connectivity index (χ1v) is 9.09. The Balaban J connectivity index is 1.61. The Kier molecular flexibility index (Phi) is 4.42. The molecule has 3 aromatic heterocycles. The molecule has 0 atom stereocenters. The average molecular weight is 405 g/mol. The molecular weight excluding hydrogens is 391 g/mol. The molecule has 0 radical (unpaired) electrons. The van der Waals surface area contributed by atoms with Crippen LogP contribution in [0, 0.1) is 0 Å².